The number of benzene rings is 3. The molecule has 0 amide bonds. The number of halogens is 2. The summed E-state index contributed by atoms with van der Waals surface area (Å²) in [6.45, 7) is 8.07. The van der Waals surface area contributed by atoms with Gasteiger partial charge in [-0.3, -0.25) is 9.36 Å². The van der Waals surface area contributed by atoms with E-state index < -0.39 is 12.0 Å². The fraction of sp³-hybridized carbons (Fsp3) is 0.182. The quantitative estimate of drug-likeness (QED) is 0.152. The van der Waals surface area contributed by atoms with Gasteiger partial charge in [0.2, 0.25) is 0 Å². The number of hydrogen-bond donors (Lipinski definition) is 0. The summed E-state index contributed by atoms with van der Waals surface area (Å²) in [7, 11) is 0. The fourth-order valence-electron chi connectivity index (χ4n) is 4.62. The molecule has 10 heteroatoms. The lowest BCUT2D eigenvalue weighted by Gasteiger charge is -2.24. The van der Waals surface area contributed by atoms with Crippen LogP contribution in [0, 0.1) is 0 Å². The van der Waals surface area contributed by atoms with Crippen LogP contribution in [0.2, 0.25) is 10.0 Å². The van der Waals surface area contributed by atoms with Crippen molar-refractivity contribution in [1.82, 2.24) is 4.57 Å². The van der Waals surface area contributed by atoms with Crippen LogP contribution in [0.4, 0.5) is 0 Å². The molecule has 1 atom stereocenters. The Balaban J connectivity index is 1.47. The number of carbonyl (C=O) groups excluding carboxylic acids is 1. The van der Waals surface area contributed by atoms with Gasteiger partial charge in [0, 0.05) is 0 Å². The second kappa shape index (κ2) is 13.5. The zero-order valence-corrected chi connectivity index (χ0v) is 25.8. The van der Waals surface area contributed by atoms with E-state index in [0.29, 0.717) is 55.4 Å². The van der Waals surface area contributed by atoms with E-state index in [1.807, 2.05) is 42.5 Å². The molecule has 4 aromatic rings. The number of thiazole rings is 1. The Kier molecular flexibility index (Phi) is 9.50. The first-order valence-electron chi connectivity index (χ1n) is 13.5. The van der Waals surface area contributed by atoms with Crippen molar-refractivity contribution in [3.05, 3.63) is 137 Å². The van der Waals surface area contributed by atoms with Crippen LogP contribution < -0.4 is 24.4 Å². The van der Waals surface area contributed by atoms with Gasteiger partial charge in [-0.15, -0.1) is 0 Å². The van der Waals surface area contributed by atoms with Crippen LogP contribution in [-0.2, 0) is 16.1 Å². The molecule has 220 valence electrons. The topological polar surface area (TPSA) is 79.1 Å². The van der Waals surface area contributed by atoms with Crippen LogP contribution in [0.3, 0.4) is 0 Å². The van der Waals surface area contributed by atoms with Crippen molar-refractivity contribution in [1.29, 1.82) is 0 Å². The highest BCUT2D eigenvalue weighted by molar-refractivity contribution is 7.07. The first kappa shape index (κ1) is 30.4. The van der Waals surface area contributed by atoms with Crippen molar-refractivity contribution in [2.75, 3.05) is 13.2 Å². The molecule has 1 aromatic heterocycles. The van der Waals surface area contributed by atoms with E-state index in [1.165, 1.54) is 11.3 Å². The summed E-state index contributed by atoms with van der Waals surface area (Å²) < 4.78 is 18.9. The number of nitrogens with zero attached hydrogens (tertiary/aromatic N) is 2. The molecule has 0 saturated heterocycles. The van der Waals surface area contributed by atoms with Crippen LogP contribution in [0.1, 0.15) is 36.6 Å². The van der Waals surface area contributed by atoms with Crippen molar-refractivity contribution in [3.8, 4) is 11.5 Å². The average Bonchev–Trinajstić information content (AvgIpc) is 3.30. The normalized spacial score (nSPS) is 14.6. The first-order chi connectivity index (χ1) is 20.8. The predicted octanol–water partition coefficient (Wildman–Crippen LogP) is 6.25. The minimum atomic E-state index is -0.706. The van der Waals surface area contributed by atoms with Crippen LogP contribution in [-0.4, -0.2) is 23.8 Å². The number of aromatic nitrogens is 1. The number of esters is 1. The van der Waals surface area contributed by atoms with E-state index in [0.717, 1.165) is 16.7 Å². The number of ether oxygens (including phenoxy) is 3. The fourth-order valence-corrected chi connectivity index (χ4v) is 5.98. The second-order valence-corrected chi connectivity index (χ2v) is 11.4. The van der Waals surface area contributed by atoms with Gasteiger partial charge in [-0.2, -0.15) is 0 Å². The highest BCUT2D eigenvalue weighted by atomic mass is 35.5. The Bertz CT molecular complexity index is 1880. The zero-order chi connectivity index (χ0) is 30.5. The maximum atomic E-state index is 13.8. The van der Waals surface area contributed by atoms with Crippen molar-refractivity contribution in [2.24, 2.45) is 4.99 Å². The number of rotatable bonds is 10. The lowest BCUT2D eigenvalue weighted by Crippen LogP contribution is -2.39. The third-order valence-corrected chi connectivity index (χ3v) is 8.37. The molecule has 0 aliphatic carbocycles. The molecular formula is C33H28Cl2N2O5S. The van der Waals surface area contributed by atoms with E-state index in [2.05, 4.69) is 11.6 Å². The smallest absolute Gasteiger partial charge is 0.338 e. The summed E-state index contributed by atoms with van der Waals surface area (Å²) in [6.07, 6.45) is 3.47. The molecule has 2 heterocycles. The molecule has 3 aromatic carbocycles. The third-order valence-electron chi connectivity index (χ3n) is 6.65. The maximum absolute atomic E-state index is 13.8. The van der Waals surface area contributed by atoms with Crippen LogP contribution in [0.25, 0.3) is 6.08 Å². The SMILES string of the molecule is C=CCOc1ccc([C@@H]2C(C(=O)OCC)=C(C)N=c3s/c(=C/c4ccc(OCc5ccc(Cl)c(Cl)c5)cc4)c(=O)n32)cc1. The maximum Gasteiger partial charge on any atom is 0.338 e. The molecule has 0 radical (unpaired) electrons. The van der Waals surface area contributed by atoms with Gasteiger partial charge in [-0.1, -0.05) is 77.5 Å². The van der Waals surface area contributed by atoms with E-state index in [4.69, 9.17) is 37.4 Å². The molecule has 1 aliphatic rings. The van der Waals surface area contributed by atoms with Crippen molar-refractivity contribution in [3.63, 3.8) is 0 Å². The zero-order valence-electron chi connectivity index (χ0n) is 23.5. The Morgan fingerprint density at radius 2 is 1.72 bits per heavy atom. The second-order valence-electron chi connectivity index (χ2n) is 9.58. The van der Waals surface area contributed by atoms with Crippen molar-refractivity contribution >= 4 is 46.6 Å². The standard InChI is InChI=1S/C33H28Cl2N2O5S/c1-4-16-41-24-13-9-23(10-14-24)30-29(32(39)40-5-2)20(3)36-33-37(30)31(38)28(43-33)18-21-6-11-25(12-7-21)42-19-22-8-15-26(34)27(35)17-22/h4,6-15,17-18,30H,1,5,16,19H2,2-3H3/b28-18+/t30-/m1/s1. The molecular weight excluding hydrogens is 607 g/mol. The minimum absolute atomic E-state index is 0.203. The number of carbonyl (C=O) groups is 1. The van der Waals surface area contributed by atoms with Crippen molar-refractivity contribution in [2.45, 2.75) is 26.5 Å². The molecule has 5 rings (SSSR count). The van der Waals surface area contributed by atoms with Gasteiger partial charge >= 0.3 is 5.97 Å². The van der Waals surface area contributed by atoms with E-state index in [1.54, 1.807) is 54.8 Å². The number of fused-ring (bicyclic) bond motifs is 1. The van der Waals surface area contributed by atoms with Gasteiger partial charge in [0.05, 0.1) is 38.5 Å². The lowest BCUT2D eigenvalue weighted by molar-refractivity contribution is -0.139. The highest BCUT2D eigenvalue weighted by Gasteiger charge is 2.33. The molecule has 0 bridgehead atoms. The Morgan fingerprint density at radius 3 is 2.40 bits per heavy atom. The molecule has 7 nitrogen and oxygen atoms in total. The lowest BCUT2D eigenvalue weighted by atomic mass is 9.96. The first-order valence-corrected chi connectivity index (χ1v) is 15.1. The summed E-state index contributed by atoms with van der Waals surface area (Å²) in [4.78, 5) is 32.1. The summed E-state index contributed by atoms with van der Waals surface area (Å²) >= 11 is 13.4. The Labute approximate surface area is 262 Å². The molecule has 0 unspecified atom stereocenters. The minimum Gasteiger partial charge on any atom is -0.490 e. The molecule has 1 aliphatic heterocycles. The monoisotopic (exact) mass is 634 g/mol. The summed E-state index contributed by atoms with van der Waals surface area (Å²) in [5.41, 5.74) is 3.02. The predicted molar refractivity (Wildman–Crippen MR) is 170 cm³/mol. The average molecular weight is 636 g/mol. The van der Waals surface area contributed by atoms with E-state index in [-0.39, 0.29) is 12.2 Å². The van der Waals surface area contributed by atoms with E-state index in [9.17, 15) is 9.59 Å². The number of allylic oxidation sites excluding steroid dienone is 1. The van der Waals surface area contributed by atoms with Gasteiger partial charge in [-0.25, -0.2) is 9.79 Å². The Hall–Kier alpha value is -4.11. The summed E-state index contributed by atoms with van der Waals surface area (Å²) in [6, 6.07) is 19.4. The van der Waals surface area contributed by atoms with Gasteiger partial charge in [0.15, 0.2) is 4.80 Å². The van der Waals surface area contributed by atoms with Crippen LogP contribution in [0.5, 0.6) is 11.5 Å². The molecule has 0 N–H and O–H groups in total. The largest absolute Gasteiger partial charge is 0.490 e. The molecule has 0 saturated carbocycles. The van der Waals surface area contributed by atoms with Crippen LogP contribution in [0.15, 0.2) is 100 Å². The van der Waals surface area contributed by atoms with Gasteiger partial charge < -0.3 is 14.2 Å². The van der Waals surface area contributed by atoms with Gasteiger partial charge in [0.1, 0.15) is 24.7 Å². The summed E-state index contributed by atoms with van der Waals surface area (Å²) in [5.74, 6) is 0.810. The third kappa shape index (κ3) is 6.77. The Morgan fingerprint density at radius 1 is 1.02 bits per heavy atom. The molecule has 0 spiro atoms. The van der Waals surface area contributed by atoms with Gasteiger partial charge in [0.25, 0.3) is 5.56 Å². The summed E-state index contributed by atoms with van der Waals surface area (Å²) in [5, 5.41) is 0.964. The van der Waals surface area contributed by atoms with Crippen molar-refractivity contribution < 1.29 is 19.0 Å². The van der Waals surface area contributed by atoms with Crippen LogP contribution >= 0.6 is 34.5 Å². The number of hydrogen-bond acceptors (Lipinski definition) is 7. The van der Waals surface area contributed by atoms with E-state index >= 15 is 0 Å². The molecule has 43 heavy (non-hydrogen) atoms. The molecule has 0 fully saturated rings. The van der Waals surface area contributed by atoms with Gasteiger partial charge in [-0.05, 0) is 73.0 Å². The highest BCUT2D eigenvalue weighted by Crippen LogP contribution is 2.32.